The molecule has 0 radical (unpaired) electrons. The van der Waals surface area contributed by atoms with Gasteiger partial charge in [0.15, 0.2) is 5.82 Å². The summed E-state index contributed by atoms with van der Waals surface area (Å²) in [7, 11) is 0. The molecular weight excluding hydrogens is 560 g/mol. The van der Waals surface area contributed by atoms with Gasteiger partial charge in [0.2, 0.25) is 0 Å². The van der Waals surface area contributed by atoms with Crippen LogP contribution in [-0.4, -0.2) is 9.97 Å². The SMILES string of the molecule is CC1(C)c2cc(-c3cccc(-c4nc(-c5ccccc5)cc(-c5ccccc5)n4)c3)ccc2-c2c1ccc1c2oc2ccccc21. The molecule has 0 amide bonds. The summed E-state index contributed by atoms with van der Waals surface area (Å²) in [5.74, 6) is 0.711. The van der Waals surface area contributed by atoms with Gasteiger partial charge < -0.3 is 4.42 Å². The second-order valence-corrected chi connectivity index (χ2v) is 12.6. The van der Waals surface area contributed by atoms with Crippen molar-refractivity contribution in [1.29, 1.82) is 0 Å². The Hall–Kier alpha value is -5.80. The fourth-order valence-corrected chi connectivity index (χ4v) is 7.11. The van der Waals surface area contributed by atoms with Crippen LogP contribution in [0.4, 0.5) is 0 Å². The second-order valence-electron chi connectivity index (χ2n) is 12.6. The van der Waals surface area contributed by atoms with Crippen LogP contribution in [-0.2, 0) is 5.41 Å². The van der Waals surface area contributed by atoms with Crippen molar-refractivity contribution in [3.8, 4) is 56.2 Å². The highest BCUT2D eigenvalue weighted by Gasteiger charge is 2.38. The summed E-state index contributed by atoms with van der Waals surface area (Å²) in [6.45, 7) is 4.64. The minimum atomic E-state index is -0.164. The lowest BCUT2D eigenvalue weighted by Gasteiger charge is -2.22. The topological polar surface area (TPSA) is 38.9 Å². The molecule has 9 rings (SSSR count). The largest absolute Gasteiger partial charge is 0.455 e. The first kappa shape index (κ1) is 26.6. The highest BCUT2D eigenvalue weighted by Crippen LogP contribution is 2.53. The molecule has 3 heteroatoms. The fraction of sp³-hybridized carbons (Fsp3) is 0.0698. The zero-order chi connectivity index (χ0) is 30.8. The van der Waals surface area contributed by atoms with Crippen LogP contribution in [0.3, 0.4) is 0 Å². The van der Waals surface area contributed by atoms with E-state index in [0.717, 1.165) is 50.2 Å². The molecular formula is C43H30N2O. The van der Waals surface area contributed by atoms with E-state index in [-0.39, 0.29) is 5.41 Å². The first-order valence-electron chi connectivity index (χ1n) is 15.7. The standard InChI is InChI=1S/C43H30N2O/c1-43(2)35-23-22-33-32-18-9-10-19-39(32)46-41(33)40(35)34-21-20-30(25-36(34)43)29-16-11-17-31(24-29)42-44-37(27-12-5-3-6-13-27)26-38(45-42)28-14-7-4-8-15-28/h3-26H,1-2H3. The maximum absolute atomic E-state index is 6.49. The number of furan rings is 1. The van der Waals surface area contributed by atoms with Crippen molar-refractivity contribution in [3.05, 3.63) is 157 Å². The molecule has 0 bridgehead atoms. The normalized spacial score (nSPS) is 13.2. The van der Waals surface area contributed by atoms with Crippen LogP contribution < -0.4 is 0 Å². The summed E-state index contributed by atoms with van der Waals surface area (Å²) in [4.78, 5) is 10.1. The zero-order valence-electron chi connectivity index (χ0n) is 25.7. The van der Waals surface area contributed by atoms with E-state index >= 15 is 0 Å². The van der Waals surface area contributed by atoms with Crippen LogP contribution in [0.2, 0.25) is 0 Å². The molecule has 1 aliphatic rings. The van der Waals surface area contributed by atoms with E-state index in [0.29, 0.717) is 5.82 Å². The highest BCUT2D eigenvalue weighted by molar-refractivity contribution is 6.11. The summed E-state index contributed by atoms with van der Waals surface area (Å²) in [5.41, 5.74) is 14.1. The Morgan fingerprint density at radius 3 is 1.85 bits per heavy atom. The molecule has 0 saturated carbocycles. The molecule has 0 spiro atoms. The average Bonchev–Trinajstić information content (AvgIpc) is 3.61. The Bertz CT molecular complexity index is 2380. The van der Waals surface area contributed by atoms with E-state index in [1.165, 1.54) is 33.2 Å². The van der Waals surface area contributed by atoms with Crippen molar-refractivity contribution in [3.63, 3.8) is 0 Å². The molecule has 8 aromatic rings. The molecule has 0 saturated heterocycles. The number of rotatable bonds is 4. The van der Waals surface area contributed by atoms with E-state index in [9.17, 15) is 0 Å². The molecule has 3 nitrogen and oxygen atoms in total. The predicted molar refractivity (Wildman–Crippen MR) is 189 cm³/mol. The molecule has 1 aliphatic carbocycles. The molecule has 0 atom stereocenters. The maximum atomic E-state index is 6.49. The van der Waals surface area contributed by atoms with Crippen LogP contribution in [0, 0.1) is 0 Å². The third kappa shape index (κ3) is 4.13. The monoisotopic (exact) mass is 590 g/mol. The lowest BCUT2D eigenvalue weighted by Crippen LogP contribution is -2.14. The summed E-state index contributed by atoms with van der Waals surface area (Å²) in [5, 5.41) is 2.33. The molecule has 6 aromatic carbocycles. The molecule has 0 N–H and O–H groups in total. The molecule has 0 unspecified atom stereocenters. The van der Waals surface area contributed by atoms with Crippen molar-refractivity contribution in [1.82, 2.24) is 9.97 Å². The number of nitrogens with zero attached hydrogens (tertiary/aromatic N) is 2. The van der Waals surface area contributed by atoms with E-state index in [2.05, 4.69) is 117 Å². The molecule has 218 valence electrons. The Kier molecular flexibility index (Phi) is 5.85. The number of aromatic nitrogens is 2. The summed E-state index contributed by atoms with van der Waals surface area (Å²) >= 11 is 0. The number of hydrogen-bond acceptors (Lipinski definition) is 3. The molecule has 0 aliphatic heterocycles. The van der Waals surface area contributed by atoms with Crippen LogP contribution in [0.1, 0.15) is 25.0 Å². The minimum absolute atomic E-state index is 0.164. The van der Waals surface area contributed by atoms with E-state index in [1.54, 1.807) is 0 Å². The minimum Gasteiger partial charge on any atom is -0.455 e. The average molecular weight is 591 g/mol. The van der Waals surface area contributed by atoms with Crippen LogP contribution in [0.5, 0.6) is 0 Å². The van der Waals surface area contributed by atoms with E-state index in [1.807, 2.05) is 42.5 Å². The maximum Gasteiger partial charge on any atom is 0.160 e. The number of para-hydroxylation sites is 1. The second kappa shape index (κ2) is 10.1. The Morgan fingerprint density at radius 1 is 0.478 bits per heavy atom. The molecule has 46 heavy (non-hydrogen) atoms. The van der Waals surface area contributed by atoms with Gasteiger partial charge in [0.05, 0.1) is 11.4 Å². The molecule has 0 fully saturated rings. The van der Waals surface area contributed by atoms with Crippen molar-refractivity contribution in [2.45, 2.75) is 19.3 Å². The first-order valence-corrected chi connectivity index (χ1v) is 15.7. The van der Waals surface area contributed by atoms with Crippen LogP contribution >= 0.6 is 0 Å². The van der Waals surface area contributed by atoms with Gasteiger partial charge in [0, 0.05) is 38.4 Å². The van der Waals surface area contributed by atoms with Crippen molar-refractivity contribution < 1.29 is 4.42 Å². The summed E-state index contributed by atoms with van der Waals surface area (Å²) in [6, 6.07) is 51.0. The third-order valence-electron chi connectivity index (χ3n) is 9.50. The molecule has 2 heterocycles. The van der Waals surface area contributed by atoms with Gasteiger partial charge in [0.25, 0.3) is 0 Å². The Labute approximate surface area is 267 Å². The lowest BCUT2D eigenvalue weighted by atomic mass is 9.81. The van der Waals surface area contributed by atoms with E-state index in [4.69, 9.17) is 14.4 Å². The lowest BCUT2D eigenvalue weighted by molar-refractivity contribution is 0.653. The van der Waals surface area contributed by atoms with Gasteiger partial charge >= 0.3 is 0 Å². The van der Waals surface area contributed by atoms with Crippen molar-refractivity contribution in [2.75, 3.05) is 0 Å². The van der Waals surface area contributed by atoms with Gasteiger partial charge in [-0.1, -0.05) is 135 Å². The third-order valence-corrected chi connectivity index (χ3v) is 9.50. The number of hydrogen-bond donors (Lipinski definition) is 0. The van der Waals surface area contributed by atoms with Crippen LogP contribution in [0.15, 0.2) is 150 Å². The van der Waals surface area contributed by atoms with Gasteiger partial charge in [-0.05, 0) is 52.1 Å². The van der Waals surface area contributed by atoms with Crippen LogP contribution in [0.25, 0.3) is 78.1 Å². The smallest absolute Gasteiger partial charge is 0.160 e. The van der Waals surface area contributed by atoms with E-state index < -0.39 is 0 Å². The van der Waals surface area contributed by atoms with Gasteiger partial charge in [-0.15, -0.1) is 0 Å². The molecule has 2 aromatic heterocycles. The first-order chi connectivity index (χ1) is 22.5. The number of benzene rings is 6. The van der Waals surface area contributed by atoms with Gasteiger partial charge in [-0.2, -0.15) is 0 Å². The summed E-state index contributed by atoms with van der Waals surface area (Å²) in [6.07, 6.45) is 0. The van der Waals surface area contributed by atoms with Crippen molar-refractivity contribution >= 4 is 21.9 Å². The van der Waals surface area contributed by atoms with Gasteiger partial charge in [-0.25, -0.2) is 9.97 Å². The Balaban J connectivity index is 1.16. The zero-order valence-corrected chi connectivity index (χ0v) is 25.7. The predicted octanol–water partition coefficient (Wildman–Crippen LogP) is 11.4. The summed E-state index contributed by atoms with van der Waals surface area (Å²) < 4.78 is 6.49. The number of fused-ring (bicyclic) bond motifs is 7. The van der Waals surface area contributed by atoms with Gasteiger partial charge in [0.1, 0.15) is 11.2 Å². The fourth-order valence-electron chi connectivity index (χ4n) is 7.11. The quantitative estimate of drug-likeness (QED) is 0.205. The Morgan fingerprint density at radius 2 is 1.11 bits per heavy atom. The highest BCUT2D eigenvalue weighted by atomic mass is 16.3. The van der Waals surface area contributed by atoms with Gasteiger partial charge in [-0.3, -0.25) is 0 Å². The van der Waals surface area contributed by atoms with Crippen molar-refractivity contribution in [2.24, 2.45) is 0 Å².